The Morgan fingerprint density at radius 3 is 2.74 bits per heavy atom. The number of nitrogens with zero attached hydrogens (tertiary/aromatic N) is 3. The maximum Gasteiger partial charge on any atom is 0.231 e. The molecule has 1 N–H and O–H groups in total. The first-order valence-corrected chi connectivity index (χ1v) is 7.86. The zero-order valence-corrected chi connectivity index (χ0v) is 13.8. The maximum absolute atomic E-state index is 10.7. The third-order valence-electron chi connectivity index (χ3n) is 4.19. The molecule has 0 radical (unpaired) electrons. The van der Waals surface area contributed by atoms with Gasteiger partial charge in [0.15, 0.2) is 11.5 Å². The van der Waals surface area contributed by atoms with Gasteiger partial charge in [-0.25, -0.2) is 9.67 Å². The third-order valence-corrected chi connectivity index (χ3v) is 4.19. The second-order valence-electron chi connectivity index (χ2n) is 6.98. The number of rotatable bonds is 5. The molecule has 2 unspecified atom stereocenters. The fourth-order valence-corrected chi connectivity index (χ4v) is 2.81. The molecule has 0 saturated heterocycles. The normalized spacial score (nSPS) is 16.3. The van der Waals surface area contributed by atoms with E-state index in [1.165, 1.54) is 6.33 Å². The summed E-state index contributed by atoms with van der Waals surface area (Å²) in [5, 5.41) is 14.9. The maximum atomic E-state index is 10.7. The number of aliphatic hydroxyl groups is 1. The number of aromatic nitrogens is 3. The molecule has 0 fully saturated rings. The zero-order chi connectivity index (χ0) is 16.4. The Bertz CT molecular complexity index is 650. The molecule has 2 atom stereocenters. The van der Waals surface area contributed by atoms with Crippen LogP contribution in [-0.4, -0.2) is 32.8 Å². The van der Waals surface area contributed by atoms with Gasteiger partial charge in [-0.3, -0.25) is 0 Å². The average molecular weight is 317 g/mol. The summed E-state index contributed by atoms with van der Waals surface area (Å²) >= 11 is 0. The summed E-state index contributed by atoms with van der Waals surface area (Å²) < 4.78 is 12.5. The molecular formula is C17H23N3O3. The lowest BCUT2D eigenvalue weighted by atomic mass is 9.83. The molecule has 6 nitrogen and oxygen atoms in total. The quantitative estimate of drug-likeness (QED) is 0.918. The Hall–Kier alpha value is -2.08. The van der Waals surface area contributed by atoms with Crippen LogP contribution in [0.15, 0.2) is 30.9 Å². The topological polar surface area (TPSA) is 69.4 Å². The van der Waals surface area contributed by atoms with E-state index in [4.69, 9.17) is 9.47 Å². The van der Waals surface area contributed by atoms with Crippen molar-refractivity contribution in [2.75, 3.05) is 6.79 Å². The molecule has 0 amide bonds. The van der Waals surface area contributed by atoms with Gasteiger partial charge in [0.05, 0.1) is 12.1 Å². The highest BCUT2D eigenvalue weighted by atomic mass is 16.7. The van der Waals surface area contributed by atoms with E-state index >= 15 is 0 Å². The minimum absolute atomic E-state index is 0.122. The molecule has 6 heteroatoms. The van der Waals surface area contributed by atoms with Gasteiger partial charge in [-0.1, -0.05) is 26.8 Å². The molecule has 124 valence electrons. The van der Waals surface area contributed by atoms with Crippen molar-refractivity contribution in [2.45, 2.75) is 45.8 Å². The molecule has 1 aromatic heterocycles. The standard InChI is InChI=1S/C17H23N3O3/c1-17(2,3)16(21)13(20-10-18-9-19-20)6-4-12-5-7-14-15(8-12)23-11-22-14/h5,7-10,13,16,21H,4,6,11H2,1-3H3. The Kier molecular flexibility index (Phi) is 4.26. The molecule has 2 heterocycles. The molecule has 0 saturated carbocycles. The molecular weight excluding hydrogens is 294 g/mol. The van der Waals surface area contributed by atoms with Gasteiger partial charge in [0.25, 0.3) is 0 Å². The van der Waals surface area contributed by atoms with Crippen molar-refractivity contribution in [3.05, 3.63) is 36.4 Å². The van der Waals surface area contributed by atoms with Gasteiger partial charge in [0.2, 0.25) is 6.79 Å². The molecule has 3 rings (SSSR count). The Balaban J connectivity index is 1.74. The lowest BCUT2D eigenvalue weighted by molar-refractivity contribution is 0.00944. The molecule has 0 aliphatic carbocycles. The van der Waals surface area contributed by atoms with Crippen LogP contribution >= 0.6 is 0 Å². The fraction of sp³-hybridized carbons (Fsp3) is 0.529. The number of hydrogen-bond acceptors (Lipinski definition) is 5. The summed E-state index contributed by atoms with van der Waals surface area (Å²) in [6.07, 6.45) is 4.23. The van der Waals surface area contributed by atoms with Crippen molar-refractivity contribution < 1.29 is 14.6 Å². The first kappa shape index (κ1) is 15.8. The van der Waals surface area contributed by atoms with Crippen LogP contribution in [0.4, 0.5) is 0 Å². The largest absolute Gasteiger partial charge is 0.454 e. The van der Waals surface area contributed by atoms with E-state index in [2.05, 4.69) is 10.1 Å². The number of ether oxygens (including phenoxy) is 2. The van der Waals surface area contributed by atoms with Gasteiger partial charge >= 0.3 is 0 Å². The van der Waals surface area contributed by atoms with Gasteiger partial charge < -0.3 is 14.6 Å². The molecule has 2 aromatic rings. The molecule has 1 aliphatic heterocycles. The van der Waals surface area contributed by atoms with Crippen molar-refractivity contribution >= 4 is 0 Å². The zero-order valence-electron chi connectivity index (χ0n) is 13.8. The van der Waals surface area contributed by atoms with E-state index in [0.29, 0.717) is 0 Å². The summed E-state index contributed by atoms with van der Waals surface area (Å²) in [6, 6.07) is 5.85. The highest BCUT2D eigenvalue weighted by Gasteiger charge is 2.32. The van der Waals surface area contributed by atoms with E-state index in [1.807, 2.05) is 39.0 Å². The average Bonchev–Trinajstić information content (AvgIpc) is 3.17. The number of fused-ring (bicyclic) bond motifs is 1. The lowest BCUT2D eigenvalue weighted by Crippen LogP contribution is -2.36. The Morgan fingerprint density at radius 1 is 1.26 bits per heavy atom. The number of aryl methyl sites for hydroxylation is 1. The van der Waals surface area contributed by atoms with Crippen LogP contribution in [0.1, 0.15) is 38.8 Å². The summed E-state index contributed by atoms with van der Waals surface area (Å²) in [5.41, 5.74) is 0.923. The SMILES string of the molecule is CC(C)(C)C(O)C(CCc1ccc2c(c1)OCO2)n1cncn1. The van der Waals surface area contributed by atoms with Crippen LogP contribution in [0.25, 0.3) is 0 Å². The van der Waals surface area contributed by atoms with E-state index in [-0.39, 0.29) is 18.2 Å². The fourth-order valence-electron chi connectivity index (χ4n) is 2.81. The van der Waals surface area contributed by atoms with Gasteiger partial charge in [-0.05, 0) is 36.0 Å². The molecule has 23 heavy (non-hydrogen) atoms. The minimum atomic E-state index is -0.516. The van der Waals surface area contributed by atoms with E-state index < -0.39 is 6.10 Å². The van der Waals surface area contributed by atoms with Crippen molar-refractivity contribution in [3.63, 3.8) is 0 Å². The summed E-state index contributed by atoms with van der Waals surface area (Å²) in [7, 11) is 0. The first-order chi connectivity index (χ1) is 10.9. The molecule has 0 bridgehead atoms. The highest BCUT2D eigenvalue weighted by Crippen LogP contribution is 2.34. The van der Waals surface area contributed by atoms with Crippen molar-refractivity contribution in [1.29, 1.82) is 0 Å². The van der Waals surface area contributed by atoms with E-state index in [9.17, 15) is 5.11 Å². The van der Waals surface area contributed by atoms with Gasteiger partial charge in [0.1, 0.15) is 12.7 Å². The second kappa shape index (κ2) is 6.20. The van der Waals surface area contributed by atoms with E-state index in [1.54, 1.807) is 11.0 Å². The van der Waals surface area contributed by atoms with Crippen LogP contribution in [-0.2, 0) is 6.42 Å². The van der Waals surface area contributed by atoms with Crippen LogP contribution in [0, 0.1) is 5.41 Å². The predicted octanol–water partition coefficient (Wildman–Crippen LogP) is 2.59. The molecule has 1 aromatic carbocycles. The van der Waals surface area contributed by atoms with Crippen molar-refractivity contribution in [2.24, 2.45) is 5.41 Å². The van der Waals surface area contributed by atoms with Gasteiger partial charge in [0, 0.05) is 0 Å². The predicted molar refractivity (Wildman–Crippen MR) is 85.4 cm³/mol. The van der Waals surface area contributed by atoms with Crippen LogP contribution in [0.5, 0.6) is 11.5 Å². The summed E-state index contributed by atoms with van der Waals surface area (Å²) in [6.45, 7) is 6.37. The van der Waals surface area contributed by atoms with Crippen molar-refractivity contribution in [1.82, 2.24) is 14.8 Å². The third kappa shape index (κ3) is 3.47. The lowest BCUT2D eigenvalue weighted by Gasteiger charge is -2.33. The number of aliphatic hydroxyl groups excluding tert-OH is 1. The van der Waals surface area contributed by atoms with Gasteiger partial charge in [-0.2, -0.15) is 5.10 Å². The summed E-state index contributed by atoms with van der Waals surface area (Å²) in [5.74, 6) is 1.58. The smallest absolute Gasteiger partial charge is 0.231 e. The summed E-state index contributed by atoms with van der Waals surface area (Å²) in [4.78, 5) is 4.01. The number of hydrogen-bond donors (Lipinski definition) is 1. The van der Waals surface area contributed by atoms with Crippen LogP contribution < -0.4 is 9.47 Å². The Labute approximate surface area is 136 Å². The number of benzene rings is 1. The van der Waals surface area contributed by atoms with Crippen molar-refractivity contribution in [3.8, 4) is 11.5 Å². The monoisotopic (exact) mass is 317 g/mol. The van der Waals surface area contributed by atoms with Crippen LogP contribution in [0.3, 0.4) is 0 Å². The first-order valence-electron chi connectivity index (χ1n) is 7.86. The van der Waals surface area contributed by atoms with E-state index in [0.717, 1.165) is 29.9 Å². The Morgan fingerprint density at radius 2 is 2.04 bits per heavy atom. The van der Waals surface area contributed by atoms with Crippen LogP contribution in [0.2, 0.25) is 0 Å². The second-order valence-corrected chi connectivity index (χ2v) is 6.98. The molecule has 0 spiro atoms. The highest BCUT2D eigenvalue weighted by molar-refractivity contribution is 5.44. The van der Waals surface area contributed by atoms with Gasteiger partial charge in [-0.15, -0.1) is 0 Å². The molecule has 1 aliphatic rings. The minimum Gasteiger partial charge on any atom is -0.454 e.